The van der Waals surface area contributed by atoms with E-state index in [0.717, 1.165) is 11.1 Å². The van der Waals surface area contributed by atoms with Crippen LogP contribution in [0.15, 0.2) is 94.7 Å². The van der Waals surface area contributed by atoms with E-state index >= 15 is 0 Å². The summed E-state index contributed by atoms with van der Waals surface area (Å²) in [4.78, 5) is 0.178. The summed E-state index contributed by atoms with van der Waals surface area (Å²) in [7, 11) is -3.88. The van der Waals surface area contributed by atoms with Crippen molar-refractivity contribution in [1.82, 2.24) is 0 Å². The standard InChI is InChI=1S/C23H22O3S/c1-17-13-15-21(16-14-17)27(25,26)23(18(2)19-9-5-3-6-10-19)22(24)20-11-7-4-8-12-20/h3-16,22,24H,1-2H3/b23-18-. The van der Waals surface area contributed by atoms with Crippen LogP contribution in [0, 0.1) is 6.92 Å². The lowest BCUT2D eigenvalue weighted by atomic mass is 10.0. The van der Waals surface area contributed by atoms with Crippen molar-refractivity contribution in [2.24, 2.45) is 0 Å². The molecule has 3 nitrogen and oxygen atoms in total. The van der Waals surface area contributed by atoms with E-state index in [-0.39, 0.29) is 9.80 Å². The number of hydrogen-bond acceptors (Lipinski definition) is 3. The van der Waals surface area contributed by atoms with Crippen molar-refractivity contribution in [1.29, 1.82) is 0 Å². The molecule has 4 heteroatoms. The van der Waals surface area contributed by atoms with Crippen LogP contribution in [-0.2, 0) is 9.84 Å². The van der Waals surface area contributed by atoms with Crippen molar-refractivity contribution in [2.75, 3.05) is 0 Å². The fraction of sp³-hybridized carbons (Fsp3) is 0.130. The average molecular weight is 378 g/mol. The van der Waals surface area contributed by atoms with Crippen molar-refractivity contribution >= 4 is 15.4 Å². The topological polar surface area (TPSA) is 54.4 Å². The highest BCUT2D eigenvalue weighted by molar-refractivity contribution is 7.95. The van der Waals surface area contributed by atoms with Gasteiger partial charge in [-0.05, 0) is 42.7 Å². The Morgan fingerprint density at radius 3 is 1.89 bits per heavy atom. The summed E-state index contributed by atoms with van der Waals surface area (Å²) in [6.45, 7) is 3.64. The van der Waals surface area contributed by atoms with Crippen LogP contribution in [0.2, 0.25) is 0 Å². The number of allylic oxidation sites excluding steroid dienone is 1. The van der Waals surface area contributed by atoms with Crippen LogP contribution < -0.4 is 0 Å². The second-order valence-corrected chi connectivity index (χ2v) is 8.40. The summed E-state index contributed by atoms with van der Waals surface area (Å²) in [6.07, 6.45) is -1.25. The second kappa shape index (κ2) is 7.91. The minimum absolute atomic E-state index is 0.00348. The van der Waals surface area contributed by atoms with Gasteiger partial charge in [0.05, 0.1) is 9.80 Å². The molecule has 3 aromatic rings. The molecule has 27 heavy (non-hydrogen) atoms. The molecule has 0 saturated heterocycles. The molecule has 0 aliphatic heterocycles. The molecular weight excluding hydrogens is 356 g/mol. The van der Waals surface area contributed by atoms with E-state index in [1.807, 2.05) is 43.3 Å². The second-order valence-electron chi connectivity index (χ2n) is 6.48. The van der Waals surface area contributed by atoms with Crippen LogP contribution >= 0.6 is 0 Å². The Morgan fingerprint density at radius 1 is 0.815 bits per heavy atom. The highest BCUT2D eigenvalue weighted by Gasteiger charge is 2.30. The lowest BCUT2D eigenvalue weighted by molar-refractivity contribution is 0.223. The number of aliphatic hydroxyl groups is 1. The quantitative estimate of drug-likeness (QED) is 0.685. The van der Waals surface area contributed by atoms with E-state index < -0.39 is 15.9 Å². The molecule has 0 aromatic heterocycles. The Labute approximate surface area is 160 Å². The smallest absolute Gasteiger partial charge is 0.205 e. The van der Waals surface area contributed by atoms with Gasteiger partial charge in [0, 0.05) is 0 Å². The maximum absolute atomic E-state index is 13.5. The first-order valence-corrected chi connectivity index (χ1v) is 10.2. The molecule has 0 aliphatic carbocycles. The minimum atomic E-state index is -3.88. The molecule has 0 fully saturated rings. The average Bonchev–Trinajstić information content (AvgIpc) is 2.69. The largest absolute Gasteiger partial charge is 0.383 e. The van der Waals surface area contributed by atoms with Gasteiger partial charge in [-0.2, -0.15) is 0 Å². The molecule has 3 rings (SSSR count). The van der Waals surface area contributed by atoms with Crippen LogP contribution in [-0.4, -0.2) is 13.5 Å². The summed E-state index contributed by atoms with van der Waals surface area (Å²) in [5, 5.41) is 11.0. The van der Waals surface area contributed by atoms with Gasteiger partial charge in [0.15, 0.2) is 0 Å². The third-order valence-corrected chi connectivity index (χ3v) is 6.56. The Hall–Kier alpha value is -2.69. The van der Waals surface area contributed by atoms with Crippen molar-refractivity contribution < 1.29 is 13.5 Å². The van der Waals surface area contributed by atoms with Crippen LogP contribution in [0.1, 0.15) is 29.7 Å². The number of hydrogen-bond donors (Lipinski definition) is 1. The van der Waals surface area contributed by atoms with Gasteiger partial charge in [-0.15, -0.1) is 0 Å². The van der Waals surface area contributed by atoms with Crippen LogP contribution in [0.25, 0.3) is 5.57 Å². The summed E-state index contributed by atoms with van der Waals surface area (Å²) < 4.78 is 26.9. The highest BCUT2D eigenvalue weighted by atomic mass is 32.2. The van der Waals surface area contributed by atoms with Crippen molar-refractivity contribution in [3.8, 4) is 0 Å². The predicted molar refractivity (Wildman–Crippen MR) is 109 cm³/mol. The third kappa shape index (κ3) is 4.02. The molecule has 0 aliphatic rings. The summed E-state index contributed by atoms with van der Waals surface area (Å²) >= 11 is 0. The normalized spacial score (nSPS) is 13.7. The van der Waals surface area contributed by atoms with Crippen LogP contribution in [0.3, 0.4) is 0 Å². The zero-order valence-electron chi connectivity index (χ0n) is 15.3. The summed E-state index contributed by atoms with van der Waals surface area (Å²) in [5.41, 5.74) is 2.81. The molecular formula is C23H22O3S. The van der Waals surface area contributed by atoms with Gasteiger partial charge in [-0.3, -0.25) is 0 Å². The molecule has 1 N–H and O–H groups in total. The lowest BCUT2D eigenvalue weighted by Gasteiger charge is -2.20. The summed E-state index contributed by atoms with van der Waals surface area (Å²) in [5.74, 6) is 0. The van der Waals surface area contributed by atoms with Crippen molar-refractivity contribution in [2.45, 2.75) is 24.8 Å². The van der Waals surface area contributed by atoms with Crippen molar-refractivity contribution in [3.63, 3.8) is 0 Å². The number of sulfone groups is 1. The van der Waals surface area contributed by atoms with E-state index in [2.05, 4.69) is 0 Å². The molecule has 1 unspecified atom stereocenters. The maximum atomic E-state index is 13.5. The van der Waals surface area contributed by atoms with Gasteiger partial charge in [-0.1, -0.05) is 78.4 Å². The number of aliphatic hydroxyl groups excluding tert-OH is 1. The lowest BCUT2D eigenvalue weighted by Crippen LogP contribution is -2.15. The number of benzene rings is 3. The minimum Gasteiger partial charge on any atom is -0.383 e. The Kier molecular flexibility index (Phi) is 5.59. The fourth-order valence-electron chi connectivity index (χ4n) is 3.02. The Balaban J connectivity index is 2.23. The molecule has 0 heterocycles. The molecule has 138 valence electrons. The molecule has 0 radical (unpaired) electrons. The first-order chi connectivity index (χ1) is 12.9. The molecule has 1 atom stereocenters. The fourth-order valence-corrected chi connectivity index (χ4v) is 4.71. The molecule has 0 spiro atoms. The monoisotopic (exact) mass is 378 g/mol. The van der Waals surface area contributed by atoms with E-state index in [4.69, 9.17) is 0 Å². The van der Waals surface area contributed by atoms with E-state index in [0.29, 0.717) is 11.1 Å². The van der Waals surface area contributed by atoms with E-state index in [1.165, 1.54) is 0 Å². The highest BCUT2D eigenvalue weighted by Crippen LogP contribution is 2.36. The molecule has 0 amide bonds. The number of rotatable bonds is 5. The van der Waals surface area contributed by atoms with Crippen molar-refractivity contribution in [3.05, 3.63) is 107 Å². The zero-order valence-corrected chi connectivity index (χ0v) is 16.1. The predicted octanol–water partition coefficient (Wildman–Crippen LogP) is 4.93. The Morgan fingerprint density at radius 2 is 1.33 bits per heavy atom. The summed E-state index contributed by atoms with van der Waals surface area (Å²) in [6, 6.07) is 24.8. The molecule has 3 aromatic carbocycles. The zero-order chi connectivity index (χ0) is 19.4. The van der Waals surface area contributed by atoms with Gasteiger partial charge in [0.1, 0.15) is 6.10 Å². The molecule has 0 bridgehead atoms. The van der Waals surface area contributed by atoms with Gasteiger partial charge in [0.25, 0.3) is 0 Å². The Bertz CT molecular complexity index is 1040. The van der Waals surface area contributed by atoms with Crippen LogP contribution in [0.4, 0.5) is 0 Å². The van der Waals surface area contributed by atoms with E-state index in [1.54, 1.807) is 55.5 Å². The third-order valence-electron chi connectivity index (χ3n) is 4.56. The van der Waals surface area contributed by atoms with Gasteiger partial charge in [0.2, 0.25) is 9.84 Å². The SMILES string of the molecule is C/C(=C(\C(O)c1ccccc1)S(=O)(=O)c1ccc(C)cc1)c1ccccc1. The van der Waals surface area contributed by atoms with Gasteiger partial charge < -0.3 is 5.11 Å². The maximum Gasteiger partial charge on any atom is 0.205 e. The van der Waals surface area contributed by atoms with Crippen LogP contribution in [0.5, 0.6) is 0 Å². The first kappa shape index (κ1) is 19.1. The number of aryl methyl sites for hydroxylation is 1. The van der Waals surface area contributed by atoms with Gasteiger partial charge >= 0.3 is 0 Å². The van der Waals surface area contributed by atoms with Gasteiger partial charge in [-0.25, -0.2) is 8.42 Å². The molecule has 0 saturated carbocycles. The van der Waals surface area contributed by atoms with E-state index in [9.17, 15) is 13.5 Å². The first-order valence-electron chi connectivity index (χ1n) is 8.72.